The molecule has 0 spiro atoms. The van der Waals surface area contributed by atoms with Gasteiger partial charge in [0.25, 0.3) is 0 Å². The van der Waals surface area contributed by atoms with Crippen molar-refractivity contribution in [1.82, 2.24) is 5.32 Å². The third kappa shape index (κ3) is 3.74. The monoisotopic (exact) mass is 245 g/mol. The highest BCUT2D eigenvalue weighted by molar-refractivity contribution is 6.30. The fraction of sp³-hybridized carbons (Fsp3) is 0.500. The van der Waals surface area contributed by atoms with Crippen molar-refractivity contribution < 1.29 is 9.13 Å². The van der Waals surface area contributed by atoms with Crippen LogP contribution < -0.4 is 5.32 Å². The van der Waals surface area contributed by atoms with E-state index in [4.69, 9.17) is 16.3 Å². The number of rotatable bonds is 5. The fourth-order valence-corrected chi connectivity index (χ4v) is 1.48. The molecule has 4 heteroatoms. The minimum Gasteiger partial charge on any atom is -0.377 e. The minimum absolute atomic E-state index is 0.0193. The second-order valence-electron chi connectivity index (χ2n) is 3.90. The van der Waals surface area contributed by atoms with E-state index < -0.39 is 5.82 Å². The van der Waals surface area contributed by atoms with Gasteiger partial charge in [0.15, 0.2) is 0 Å². The largest absolute Gasteiger partial charge is 0.377 e. The summed E-state index contributed by atoms with van der Waals surface area (Å²) in [7, 11) is 1.82. The lowest BCUT2D eigenvalue weighted by Crippen LogP contribution is -2.23. The molecular formula is C12H17ClFNO. The van der Waals surface area contributed by atoms with E-state index in [-0.39, 0.29) is 17.2 Å². The van der Waals surface area contributed by atoms with Crippen molar-refractivity contribution in [2.45, 2.75) is 26.0 Å². The lowest BCUT2D eigenvalue weighted by atomic mass is 10.1. The first-order valence-corrected chi connectivity index (χ1v) is 5.66. The first-order chi connectivity index (χ1) is 7.54. The van der Waals surface area contributed by atoms with Gasteiger partial charge in [0.05, 0.1) is 23.8 Å². The summed E-state index contributed by atoms with van der Waals surface area (Å²) in [5.74, 6) is -0.399. The van der Waals surface area contributed by atoms with E-state index in [1.54, 1.807) is 12.1 Å². The normalized spacial score (nSPS) is 13.1. The predicted molar refractivity (Wildman–Crippen MR) is 64.3 cm³/mol. The van der Waals surface area contributed by atoms with Gasteiger partial charge in [-0.25, -0.2) is 4.39 Å². The Morgan fingerprint density at radius 1 is 1.44 bits per heavy atom. The van der Waals surface area contributed by atoms with E-state index in [2.05, 4.69) is 5.32 Å². The van der Waals surface area contributed by atoms with Crippen molar-refractivity contribution in [1.29, 1.82) is 0 Å². The molecule has 0 aliphatic heterocycles. The Kier molecular flexibility index (Phi) is 5.19. The summed E-state index contributed by atoms with van der Waals surface area (Å²) < 4.78 is 18.8. The standard InChI is InChI=1S/C12H17ClFNO/c1-8(2)16-7-12(15-3)9-4-5-10(13)11(14)6-9/h4-6,8,12,15H,7H2,1-3H3. The van der Waals surface area contributed by atoms with Crippen LogP contribution in [0.1, 0.15) is 25.5 Å². The quantitative estimate of drug-likeness (QED) is 0.861. The van der Waals surface area contributed by atoms with Gasteiger partial charge in [-0.1, -0.05) is 17.7 Å². The SMILES string of the molecule is CNC(COC(C)C)c1ccc(Cl)c(F)c1. The molecule has 0 heterocycles. The zero-order valence-electron chi connectivity index (χ0n) is 9.76. The van der Waals surface area contributed by atoms with Crippen LogP contribution in [0.2, 0.25) is 5.02 Å². The van der Waals surface area contributed by atoms with Crippen molar-refractivity contribution >= 4 is 11.6 Å². The van der Waals surface area contributed by atoms with E-state index in [1.807, 2.05) is 20.9 Å². The van der Waals surface area contributed by atoms with Gasteiger partial charge < -0.3 is 10.1 Å². The van der Waals surface area contributed by atoms with Gasteiger partial charge in [-0.15, -0.1) is 0 Å². The van der Waals surface area contributed by atoms with Crippen molar-refractivity contribution in [3.05, 3.63) is 34.6 Å². The van der Waals surface area contributed by atoms with Gasteiger partial charge in [-0.05, 0) is 38.6 Å². The Morgan fingerprint density at radius 3 is 2.62 bits per heavy atom. The Bertz CT molecular complexity index is 344. The third-order valence-electron chi connectivity index (χ3n) is 2.29. The van der Waals surface area contributed by atoms with Crippen molar-refractivity contribution in [2.75, 3.05) is 13.7 Å². The van der Waals surface area contributed by atoms with E-state index in [9.17, 15) is 4.39 Å². The van der Waals surface area contributed by atoms with Crippen LogP contribution in [0.15, 0.2) is 18.2 Å². The first kappa shape index (κ1) is 13.4. The Hall–Kier alpha value is -0.640. The van der Waals surface area contributed by atoms with Crippen LogP contribution in [0.3, 0.4) is 0 Å². The molecule has 0 saturated heterocycles. The van der Waals surface area contributed by atoms with Crippen molar-refractivity contribution in [3.8, 4) is 0 Å². The molecule has 0 aliphatic rings. The number of likely N-dealkylation sites (N-methyl/N-ethyl adjacent to an activating group) is 1. The smallest absolute Gasteiger partial charge is 0.142 e. The fourth-order valence-electron chi connectivity index (χ4n) is 1.36. The first-order valence-electron chi connectivity index (χ1n) is 5.28. The van der Waals surface area contributed by atoms with Gasteiger partial charge in [0.2, 0.25) is 0 Å². The van der Waals surface area contributed by atoms with Crippen molar-refractivity contribution in [2.24, 2.45) is 0 Å². The molecule has 1 N–H and O–H groups in total. The molecule has 1 unspecified atom stereocenters. The van der Waals surface area contributed by atoms with Crippen LogP contribution in [0.5, 0.6) is 0 Å². The molecule has 0 aliphatic carbocycles. The minimum atomic E-state index is -0.399. The number of nitrogens with one attached hydrogen (secondary N) is 1. The number of ether oxygens (including phenoxy) is 1. The van der Waals surface area contributed by atoms with E-state index >= 15 is 0 Å². The molecule has 0 fully saturated rings. The Morgan fingerprint density at radius 2 is 2.12 bits per heavy atom. The van der Waals surface area contributed by atoms with E-state index in [1.165, 1.54) is 6.07 Å². The summed E-state index contributed by atoms with van der Waals surface area (Å²) in [4.78, 5) is 0. The topological polar surface area (TPSA) is 21.3 Å². The Balaban J connectivity index is 2.74. The second-order valence-corrected chi connectivity index (χ2v) is 4.30. The molecule has 1 rings (SSSR count). The molecule has 0 bridgehead atoms. The highest BCUT2D eigenvalue weighted by atomic mass is 35.5. The highest BCUT2D eigenvalue weighted by Crippen LogP contribution is 2.20. The molecule has 90 valence electrons. The Labute approximate surface area is 101 Å². The summed E-state index contributed by atoms with van der Waals surface area (Å²) >= 11 is 5.63. The lowest BCUT2D eigenvalue weighted by molar-refractivity contribution is 0.0626. The van der Waals surface area contributed by atoms with Gasteiger partial charge in [-0.3, -0.25) is 0 Å². The molecule has 1 aromatic carbocycles. The van der Waals surface area contributed by atoms with Crippen LogP contribution in [-0.2, 0) is 4.74 Å². The lowest BCUT2D eigenvalue weighted by Gasteiger charge is -2.18. The zero-order chi connectivity index (χ0) is 12.1. The molecular weight excluding hydrogens is 229 g/mol. The molecule has 1 atom stereocenters. The third-order valence-corrected chi connectivity index (χ3v) is 2.60. The van der Waals surface area contributed by atoms with Crippen LogP contribution in [-0.4, -0.2) is 19.8 Å². The van der Waals surface area contributed by atoms with Crippen molar-refractivity contribution in [3.63, 3.8) is 0 Å². The summed E-state index contributed by atoms with van der Waals surface area (Å²) in [6, 6.07) is 4.78. The summed E-state index contributed by atoms with van der Waals surface area (Å²) in [6.45, 7) is 4.44. The number of hydrogen-bond acceptors (Lipinski definition) is 2. The van der Waals surface area contributed by atoms with Crippen LogP contribution in [0.25, 0.3) is 0 Å². The number of halogens is 2. The number of hydrogen-bond donors (Lipinski definition) is 1. The maximum Gasteiger partial charge on any atom is 0.142 e. The molecule has 1 aromatic rings. The average Bonchev–Trinajstić information content (AvgIpc) is 2.23. The van der Waals surface area contributed by atoms with E-state index in [0.717, 1.165) is 5.56 Å². The molecule has 0 aromatic heterocycles. The summed E-state index contributed by atoms with van der Waals surface area (Å²) in [6.07, 6.45) is 0.160. The summed E-state index contributed by atoms with van der Waals surface area (Å²) in [5.41, 5.74) is 0.838. The van der Waals surface area contributed by atoms with Crippen LogP contribution in [0, 0.1) is 5.82 Å². The second kappa shape index (κ2) is 6.18. The van der Waals surface area contributed by atoms with E-state index in [0.29, 0.717) is 6.61 Å². The van der Waals surface area contributed by atoms with Gasteiger partial charge in [0.1, 0.15) is 5.82 Å². The molecule has 0 amide bonds. The predicted octanol–water partition coefficient (Wildman–Crippen LogP) is 3.16. The van der Waals surface area contributed by atoms with Crippen LogP contribution in [0.4, 0.5) is 4.39 Å². The maximum atomic E-state index is 13.3. The van der Waals surface area contributed by atoms with Gasteiger partial charge >= 0.3 is 0 Å². The molecule has 16 heavy (non-hydrogen) atoms. The zero-order valence-corrected chi connectivity index (χ0v) is 10.5. The molecule has 0 saturated carbocycles. The van der Waals surface area contributed by atoms with Gasteiger partial charge in [0, 0.05) is 0 Å². The molecule has 0 radical (unpaired) electrons. The average molecular weight is 246 g/mol. The molecule has 2 nitrogen and oxygen atoms in total. The maximum absolute atomic E-state index is 13.3. The highest BCUT2D eigenvalue weighted by Gasteiger charge is 2.12. The van der Waals surface area contributed by atoms with Gasteiger partial charge in [-0.2, -0.15) is 0 Å². The summed E-state index contributed by atoms with van der Waals surface area (Å²) in [5, 5.41) is 3.23. The van der Waals surface area contributed by atoms with Crippen LogP contribution >= 0.6 is 11.6 Å². The number of benzene rings is 1.